The number of anilines is 1. The van der Waals surface area contributed by atoms with Crippen molar-refractivity contribution in [1.82, 2.24) is 23.6 Å². The lowest BCUT2D eigenvalue weighted by molar-refractivity contribution is 0.326. The monoisotopic (exact) mass is 454 g/mol. The molecule has 11 heteroatoms. The summed E-state index contributed by atoms with van der Waals surface area (Å²) in [6.07, 6.45) is 6.07. The number of pyridine rings is 1. The average Bonchev–Trinajstić information content (AvgIpc) is 3.15. The van der Waals surface area contributed by atoms with Gasteiger partial charge in [-0.3, -0.25) is 9.36 Å². The van der Waals surface area contributed by atoms with Crippen molar-refractivity contribution in [2.75, 3.05) is 25.5 Å². The van der Waals surface area contributed by atoms with Gasteiger partial charge in [0.05, 0.1) is 0 Å². The van der Waals surface area contributed by atoms with Gasteiger partial charge in [0.15, 0.2) is 0 Å². The molecule has 164 valence electrons. The number of piperidine rings is 1. The maximum atomic E-state index is 12.9. The minimum absolute atomic E-state index is 0.0589. The van der Waals surface area contributed by atoms with E-state index >= 15 is 0 Å². The van der Waals surface area contributed by atoms with E-state index in [1.807, 2.05) is 0 Å². The van der Waals surface area contributed by atoms with E-state index in [1.165, 1.54) is 11.4 Å². The van der Waals surface area contributed by atoms with E-state index in [4.69, 9.17) is 11.6 Å². The van der Waals surface area contributed by atoms with Gasteiger partial charge in [0.1, 0.15) is 10.7 Å². The summed E-state index contributed by atoms with van der Waals surface area (Å²) in [5, 5.41) is 4.23. The Hall–Kier alpha value is -1.75. The molecule has 2 fully saturated rings. The number of hydrogen-bond acceptors (Lipinski definition) is 6. The second-order valence-electron chi connectivity index (χ2n) is 8.14. The Kier molecular flexibility index (Phi) is 6.02. The van der Waals surface area contributed by atoms with Gasteiger partial charge in [0, 0.05) is 43.8 Å². The number of nitrogens with zero attached hydrogens (tertiary/aromatic N) is 4. The standard InChI is InChI=1S/C19H27ClN6O3S/c1-12-4-3-5-16(12)26-17-13(10-15(20)18(26)27)11-22-19(24-17)23-14-6-8-25(9-7-14)30(28,29)21-2/h10-12,14,16,21H,3-9H2,1-2H3,(H,22,23,24)/t12-,16+/m0/s1. The van der Waals surface area contributed by atoms with Crippen molar-refractivity contribution in [1.29, 1.82) is 0 Å². The third-order valence-corrected chi connectivity index (χ3v) is 8.09. The van der Waals surface area contributed by atoms with Crippen LogP contribution in [0.25, 0.3) is 11.0 Å². The fourth-order valence-corrected chi connectivity index (χ4v) is 5.68. The summed E-state index contributed by atoms with van der Waals surface area (Å²) in [5.74, 6) is 0.827. The highest BCUT2D eigenvalue weighted by Crippen LogP contribution is 2.36. The first kappa shape index (κ1) is 21.5. The second kappa shape index (κ2) is 8.41. The van der Waals surface area contributed by atoms with Crippen LogP contribution in [-0.4, -0.2) is 53.4 Å². The van der Waals surface area contributed by atoms with Crippen LogP contribution < -0.4 is 15.6 Å². The molecule has 0 bridgehead atoms. The Bertz CT molecular complexity index is 1100. The van der Waals surface area contributed by atoms with Gasteiger partial charge in [-0.1, -0.05) is 24.9 Å². The summed E-state index contributed by atoms with van der Waals surface area (Å²) >= 11 is 6.21. The van der Waals surface area contributed by atoms with Crippen LogP contribution in [0.1, 0.15) is 45.1 Å². The van der Waals surface area contributed by atoms with E-state index in [0.717, 1.165) is 24.6 Å². The number of nitrogens with one attached hydrogen (secondary N) is 2. The smallest absolute Gasteiger partial charge is 0.279 e. The Morgan fingerprint density at radius 2 is 1.93 bits per heavy atom. The average molecular weight is 455 g/mol. The first-order valence-corrected chi connectivity index (χ1v) is 12.1. The molecule has 2 aliphatic rings. The zero-order valence-corrected chi connectivity index (χ0v) is 18.7. The molecule has 1 aliphatic heterocycles. The van der Waals surface area contributed by atoms with E-state index in [-0.39, 0.29) is 22.7 Å². The normalized spacial score (nSPS) is 23.8. The highest BCUT2D eigenvalue weighted by molar-refractivity contribution is 7.87. The van der Waals surface area contributed by atoms with Crippen LogP contribution >= 0.6 is 11.6 Å². The predicted octanol–water partition coefficient (Wildman–Crippen LogP) is 2.15. The highest BCUT2D eigenvalue weighted by atomic mass is 35.5. The first-order chi connectivity index (χ1) is 14.3. The largest absolute Gasteiger partial charge is 0.351 e. The summed E-state index contributed by atoms with van der Waals surface area (Å²) < 4.78 is 29.4. The number of hydrogen-bond donors (Lipinski definition) is 2. The van der Waals surface area contributed by atoms with Gasteiger partial charge in [-0.15, -0.1) is 0 Å². The predicted molar refractivity (Wildman–Crippen MR) is 117 cm³/mol. The number of rotatable bonds is 5. The summed E-state index contributed by atoms with van der Waals surface area (Å²) in [6.45, 7) is 3.01. The van der Waals surface area contributed by atoms with E-state index in [0.29, 0.717) is 43.4 Å². The molecule has 3 heterocycles. The van der Waals surface area contributed by atoms with E-state index < -0.39 is 10.2 Å². The molecule has 0 unspecified atom stereocenters. The van der Waals surface area contributed by atoms with Gasteiger partial charge < -0.3 is 5.32 Å². The lowest BCUT2D eigenvalue weighted by Gasteiger charge is -2.31. The Balaban J connectivity index is 1.59. The Morgan fingerprint density at radius 3 is 2.57 bits per heavy atom. The van der Waals surface area contributed by atoms with Gasteiger partial charge >= 0.3 is 0 Å². The molecular weight excluding hydrogens is 428 g/mol. The zero-order valence-electron chi connectivity index (χ0n) is 17.1. The van der Waals surface area contributed by atoms with Crippen molar-refractivity contribution in [3.8, 4) is 0 Å². The summed E-state index contributed by atoms with van der Waals surface area (Å²) in [6, 6.07) is 1.76. The molecule has 30 heavy (non-hydrogen) atoms. The van der Waals surface area contributed by atoms with E-state index in [1.54, 1.807) is 16.8 Å². The molecule has 9 nitrogen and oxygen atoms in total. The highest BCUT2D eigenvalue weighted by Gasteiger charge is 2.29. The third-order valence-electron chi connectivity index (χ3n) is 6.26. The van der Waals surface area contributed by atoms with Crippen LogP contribution in [0.5, 0.6) is 0 Å². The minimum Gasteiger partial charge on any atom is -0.351 e. The fourth-order valence-electron chi connectivity index (χ4n) is 4.53. The molecule has 0 aromatic carbocycles. The minimum atomic E-state index is -3.40. The van der Waals surface area contributed by atoms with Crippen molar-refractivity contribution >= 4 is 38.8 Å². The molecule has 2 aromatic heterocycles. The molecule has 0 radical (unpaired) electrons. The molecule has 1 saturated carbocycles. The van der Waals surface area contributed by atoms with Crippen molar-refractivity contribution in [2.45, 2.75) is 51.1 Å². The molecule has 0 amide bonds. The molecule has 2 atom stereocenters. The molecule has 1 saturated heterocycles. The molecule has 2 N–H and O–H groups in total. The van der Waals surface area contributed by atoms with E-state index in [2.05, 4.69) is 26.9 Å². The molecule has 1 aliphatic carbocycles. The van der Waals surface area contributed by atoms with Gasteiger partial charge in [-0.2, -0.15) is 17.7 Å². The van der Waals surface area contributed by atoms with E-state index in [9.17, 15) is 13.2 Å². The maximum Gasteiger partial charge on any atom is 0.279 e. The topological polar surface area (TPSA) is 109 Å². The van der Waals surface area contributed by atoms with Crippen LogP contribution in [0.3, 0.4) is 0 Å². The van der Waals surface area contributed by atoms with Gasteiger partial charge in [-0.25, -0.2) is 9.71 Å². The number of halogens is 1. The lowest BCUT2D eigenvalue weighted by Crippen LogP contribution is -2.46. The van der Waals surface area contributed by atoms with Gasteiger partial charge in [0.25, 0.3) is 15.8 Å². The molecule has 4 rings (SSSR count). The van der Waals surface area contributed by atoms with Crippen LogP contribution in [0.4, 0.5) is 5.95 Å². The lowest BCUT2D eigenvalue weighted by atomic mass is 10.1. The SMILES string of the molecule is CNS(=O)(=O)N1CCC(Nc2ncc3cc(Cl)c(=O)n([C@@H]4CCC[C@@H]4C)c3n2)CC1. The quantitative estimate of drug-likeness (QED) is 0.716. The Labute approximate surface area is 181 Å². The fraction of sp³-hybridized carbons (Fsp3) is 0.632. The zero-order chi connectivity index (χ0) is 21.5. The van der Waals surface area contributed by atoms with Crippen LogP contribution in [0.2, 0.25) is 5.02 Å². The number of aromatic nitrogens is 3. The van der Waals surface area contributed by atoms with Crippen LogP contribution in [0, 0.1) is 5.92 Å². The third kappa shape index (κ3) is 4.05. The van der Waals surface area contributed by atoms with Gasteiger partial charge in [-0.05, 0) is 37.7 Å². The maximum absolute atomic E-state index is 12.9. The van der Waals surface area contributed by atoms with Crippen molar-refractivity contribution in [2.24, 2.45) is 5.92 Å². The first-order valence-electron chi connectivity index (χ1n) is 10.3. The van der Waals surface area contributed by atoms with Crippen molar-refractivity contribution < 1.29 is 8.42 Å². The van der Waals surface area contributed by atoms with Gasteiger partial charge in [0.2, 0.25) is 5.95 Å². The van der Waals surface area contributed by atoms with Crippen molar-refractivity contribution in [3.05, 3.63) is 27.6 Å². The van der Waals surface area contributed by atoms with Crippen molar-refractivity contribution in [3.63, 3.8) is 0 Å². The summed E-state index contributed by atoms with van der Waals surface area (Å²) in [7, 11) is -1.99. The summed E-state index contributed by atoms with van der Waals surface area (Å²) in [4.78, 5) is 21.9. The van der Waals surface area contributed by atoms with Crippen LogP contribution in [0.15, 0.2) is 17.1 Å². The van der Waals surface area contributed by atoms with Crippen LogP contribution in [-0.2, 0) is 10.2 Å². The molecular formula is C19H27ClN6O3S. The molecule has 0 spiro atoms. The number of fused-ring (bicyclic) bond motifs is 1. The summed E-state index contributed by atoms with van der Waals surface area (Å²) in [5.41, 5.74) is 0.383. The second-order valence-corrected chi connectivity index (χ2v) is 10.4. The Morgan fingerprint density at radius 1 is 1.20 bits per heavy atom. The molecule has 2 aromatic rings.